The number of hydrogen-bond donors (Lipinski definition) is 1. The van der Waals surface area contributed by atoms with Crippen LogP contribution in [0.1, 0.15) is 12.8 Å². The highest BCUT2D eigenvalue weighted by Crippen LogP contribution is 2.37. The Labute approximate surface area is 101 Å². The van der Waals surface area contributed by atoms with Gasteiger partial charge in [-0.3, -0.25) is 0 Å². The van der Waals surface area contributed by atoms with Gasteiger partial charge in [0.25, 0.3) is 0 Å². The van der Waals surface area contributed by atoms with Crippen LogP contribution >= 0.6 is 0 Å². The van der Waals surface area contributed by atoms with Gasteiger partial charge in [0.1, 0.15) is 0 Å². The molecule has 0 saturated carbocycles. The Morgan fingerprint density at radius 3 is 3.18 bits per heavy atom. The zero-order valence-corrected chi connectivity index (χ0v) is 10.1. The molecule has 2 fully saturated rings. The molecule has 3 rings (SSSR count). The summed E-state index contributed by atoms with van der Waals surface area (Å²) in [6.45, 7) is 4.39. The van der Waals surface area contributed by atoms with Gasteiger partial charge in [-0.25, -0.2) is 4.98 Å². The van der Waals surface area contributed by atoms with Crippen molar-refractivity contribution in [2.45, 2.75) is 12.8 Å². The van der Waals surface area contributed by atoms with Gasteiger partial charge in [0.05, 0.1) is 7.11 Å². The number of hydrogen-bond acceptors (Lipinski definition) is 5. The standard InChI is InChI=1S/C12H18N4O/c1-17-10-2-5-14-11(15-10)16-7-4-12(9-16)3-6-13-8-12/h2,5,13H,3-4,6-9H2,1H3. The van der Waals surface area contributed by atoms with E-state index in [0.29, 0.717) is 11.3 Å². The van der Waals surface area contributed by atoms with E-state index in [2.05, 4.69) is 20.2 Å². The van der Waals surface area contributed by atoms with Crippen molar-refractivity contribution in [3.05, 3.63) is 12.3 Å². The summed E-state index contributed by atoms with van der Waals surface area (Å²) in [5, 5.41) is 3.46. The number of nitrogens with one attached hydrogen (secondary N) is 1. The van der Waals surface area contributed by atoms with E-state index in [1.54, 1.807) is 19.4 Å². The van der Waals surface area contributed by atoms with Crippen molar-refractivity contribution >= 4 is 5.95 Å². The molecule has 0 bridgehead atoms. The lowest BCUT2D eigenvalue weighted by atomic mass is 9.87. The zero-order chi connectivity index (χ0) is 11.7. The first-order valence-corrected chi connectivity index (χ1v) is 6.14. The fourth-order valence-electron chi connectivity index (χ4n) is 2.85. The first-order valence-electron chi connectivity index (χ1n) is 6.14. The van der Waals surface area contributed by atoms with E-state index in [-0.39, 0.29) is 0 Å². The summed E-state index contributed by atoms with van der Waals surface area (Å²) in [7, 11) is 1.64. The molecule has 0 aliphatic carbocycles. The topological polar surface area (TPSA) is 50.3 Å². The molecule has 1 aromatic rings. The Hall–Kier alpha value is -1.36. The third-order valence-electron chi connectivity index (χ3n) is 3.88. The van der Waals surface area contributed by atoms with Crippen LogP contribution in [-0.2, 0) is 0 Å². The molecule has 0 amide bonds. The van der Waals surface area contributed by atoms with E-state index >= 15 is 0 Å². The largest absolute Gasteiger partial charge is 0.481 e. The van der Waals surface area contributed by atoms with Crippen LogP contribution in [0.3, 0.4) is 0 Å². The Morgan fingerprint density at radius 2 is 2.41 bits per heavy atom. The van der Waals surface area contributed by atoms with Gasteiger partial charge in [0.2, 0.25) is 11.8 Å². The molecule has 2 aliphatic heterocycles. The van der Waals surface area contributed by atoms with Crippen LogP contribution in [0.2, 0.25) is 0 Å². The summed E-state index contributed by atoms with van der Waals surface area (Å²) in [4.78, 5) is 11.0. The first-order chi connectivity index (χ1) is 8.31. The second-order valence-corrected chi connectivity index (χ2v) is 5.00. The highest BCUT2D eigenvalue weighted by molar-refractivity contribution is 5.35. The van der Waals surface area contributed by atoms with Crippen LogP contribution in [0, 0.1) is 5.41 Å². The molecule has 1 aromatic heterocycles. The third kappa shape index (κ3) is 1.95. The summed E-state index contributed by atoms with van der Waals surface area (Å²) >= 11 is 0. The smallest absolute Gasteiger partial charge is 0.228 e. The summed E-state index contributed by atoms with van der Waals surface area (Å²) < 4.78 is 5.14. The summed E-state index contributed by atoms with van der Waals surface area (Å²) in [6, 6.07) is 1.78. The van der Waals surface area contributed by atoms with Crippen LogP contribution in [0.15, 0.2) is 12.3 Å². The number of methoxy groups -OCH3 is 1. The molecule has 17 heavy (non-hydrogen) atoms. The molecule has 0 aromatic carbocycles. The fraction of sp³-hybridized carbons (Fsp3) is 0.667. The predicted molar refractivity (Wildman–Crippen MR) is 65.3 cm³/mol. The molecule has 2 saturated heterocycles. The summed E-state index contributed by atoms with van der Waals surface area (Å²) in [5.74, 6) is 1.44. The van der Waals surface area contributed by atoms with Crippen molar-refractivity contribution in [2.24, 2.45) is 5.41 Å². The fourth-order valence-corrected chi connectivity index (χ4v) is 2.85. The maximum absolute atomic E-state index is 5.14. The van der Waals surface area contributed by atoms with Crippen molar-refractivity contribution < 1.29 is 4.74 Å². The normalized spacial score (nSPS) is 27.9. The molecule has 0 radical (unpaired) electrons. The molecule has 5 nitrogen and oxygen atoms in total. The molecule has 3 heterocycles. The average Bonchev–Trinajstić information content (AvgIpc) is 3.01. The van der Waals surface area contributed by atoms with Crippen LogP contribution < -0.4 is 15.0 Å². The van der Waals surface area contributed by atoms with E-state index in [1.807, 2.05) is 0 Å². The van der Waals surface area contributed by atoms with Crippen LogP contribution in [0.5, 0.6) is 5.88 Å². The number of nitrogens with zero attached hydrogens (tertiary/aromatic N) is 3. The minimum atomic E-state index is 0.451. The van der Waals surface area contributed by atoms with Crippen molar-refractivity contribution in [3.63, 3.8) is 0 Å². The molecule has 1 atom stereocenters. The number of anilines is 1. The van der Waals surface area contributed by atoms with Gasteiger partial charge in [0, 0.05) is 37.3 Å². The van der Waals surface area contributed by atoms with Gasteiger partial charge >= 0.3 is 0 Å². The van der Waals surface area contributed by atoms with Crippen LogP contribution in [0.4, 0.5) is 5.95 Å². The Kier molecular flexibility index (Phi) is 2.63. The van der Waals surface area contributed by atoms with E-state index in [0.717, 1.165) is 32.1 Å². The van der Waals surface area contributed by atoms with Crippen molar-refractivity contribution in [1.29, 1.82) is 0 Å². The SMILES string of the molecule is COc1ccnc(N2CCC3(CCNC3)C2)n1. The molecule has 1 spiro atoms. The maximum atomic E-state index is 5.14. The monoisotopic (exact) mass is 234 g/mol. The van der Waals surface area contributed by atoms with Gasteiger partial charge < -0.3 is 15.0 Å². The minimum Gasteiger partial charge on any atom is -0.481 e. The highest BCUT2D eigenvalue weighted by Gasteiger charge is 2.41. The van der Waals surface area contributed by atoms with Gasteiger partial charge in [-0.1, -0.05) is 0 Å². The molecule has 1 unspecified atom stereocenters. The quantitative estimate of drug-likeness (QED) is 0.815. The molecule has 1 N–H and O–H groups in total. The van der Waals surface area contributed by atoms with Gasteiger partial charge in [0.15, 0.2) is 0 Å². The minimum absolute atomic E-state index is 0.451. The van der Waals surface area contributed by atoms with E-state index < -0.39 is 0 Å². The van der Waals surface area contributed by atoms with Crippen molar-refractivity contribution in [3.8, 4) is 5.88 Å². The number of ether oxygens (including phenoxy) is 1. The zero-order valence-electron chi connectivity index (χ0n) is 10.1. The molecule has 92 valence electrons. The van der Waals surface area contributed by atoms with Gasteiger partial charge in [-0.2, -0.15) is 4.98 Å². The highest BCUT2D eigenvalue weighted by atomic mass is 16.5. The van der Waals surface area contributed by atoms with E-state index in [9.17, 15) is 0 Å². The van der Waals surface area contributed by atoms with Gasteiger partial charge in [-0.15, -0.1) is 0 Å². The van der Waals surface area contributed by atoms with E-state index in [1.165, 1.54) is 12.8 Å². The molecule has 2 aliphatic rings. The molecular weight excluding hydrogens is 216 g/mol. The predicted octanol–water partition coefficient (Wildman–Crippen LogP) is 0.675. The number of aromatic nitrogens is 2. The lowest BCUT2D eigenvalue weighted by Crippen LogP contribution is -2.29. The lowest BCUT2D eigenvalue weighted by molar-refractivity contribution is 0.368. The first kappa shape index (κ1) is 10.8. The van der Waals surface area contributed by atoms with Crippen molar-refractivity contribution in [2.75, 3.05) is 38.2 Å². The van der Waals surface area contributed by atoms with E-state index in [4.69, 9.17) is 4.74 Å². The number of rotatable bonds is 2. The lowest BCUT2D eigenvalue weighted by Gasteiger charge is -2.22. The van der Waals surface area contributed by atoms with Crippen molar-refractivity contribution in [1.82, 2.24) is 15.3 Å². The second-order valence-electron chi connectivity index (χ2n) is 5.00. The molecule has 5 heteroatoms. The third-order valence-corrected chi connectivity index (χ3v) is 3.88. The maximum Gasteiger partial charge on any atom is 0.228 e. The Morgan fingerprint density at radius 1 is 1.47 bits per heavy atom. The average molecular weight is 234 g/mol. The summed E-state index contributed by atoms with van der Waals surface area (Å²) in [6.07, 6.45) is 4.27. The Balaban J connectivity index is 1.77. The second kappa shape index (κ2) is 4.14. The summed E-state index contributed by atoms with van der Waals surface area (Å²) in [5.41, 5.74) is 0.451. The van der Waals surface area contributed by atoms with Crippen LogP contribution in [-0.4, -0.2) is 43.3 Å². The molecular formula is C12H18N4O. The Bertz CT molecular complexity index is 403. The van der Waals surface area contributed by atoms with Gasteiger partial charge in [-0.05, 0) is 19.4 Å². The van der Waals surface area contributed by atoms with Crippen LogP contribution in [0.25, 0.3) is 0 Å².